The van der Waals surface area contributed by atoms with Crippen LogP contribution in [0.15, 0.2) is 78.9 Å². The van der Waals surface area contributed by atoms with Crippen molar-refractivity contribution >= 4 is 54.0 Å². The molecule has 5 aromatic carbocycles. The van der Waals surface area contributed by atoms with E-state index in [-0.39, 0.29) is 0 Å². The standard InChI is InChI=1S/C25H21S/c1-26(2)16-25-23-14-19-9-5-3-7-17(19)11-21(23)13-22-12-18-8-4-6-10-20(18)15-24(22)25/h3-15H,16H2,1-2H3/q+1. The molecule has 0 nitrogen and oxygen atoms in total. The molecule has 0 unspecified atom stereocenters. The van der Waals surface area contributed by atoms with E-state index in [1.165, 1.54) is 48.7 Å². The Morgan fingerprint density at radius 3 is 1.35 bits per heavy atom. The Bertz CT molecular complexity index is 1190. The number of fused-ring (bicyclic) bond motifs is 4. The zero-order valence-electron chi connectivity index (χ0n) is 15.1. The molecule has 1 heteroatoms. The van der Waals surface area contributed by atoms with Crippen LogP contribution in [0.25, 0.3) is 43.1 Å². The van der Waals surface area contributed by atoms with Crippen molar-refractivity contribution in [3.63, 3.8) is 0 Å². The molecule has 0 aliphatic heterocycles. The van der Waals surface area contributed by atoms with Crippen LogP contribution in [-0.4, -0.2) is 12.5 Å². The van der Waals surface area contributed by atoms with Crippen molar-refractivity contribution in [3.8, 4) is 0 Å². The predicted octanol–water partition coefficient (Wildman–Crippen LogP) is 6.68. The zero-order valence-corrected chi connectivity index (χ0v) is 15.9. The first-order chi connectivity index (χ1) is 12.7. The quantitative estimate of drug-likeness (QED) is 0.245. The van der Waals surface area contributed by atoms with Gasteiger partial charge < -0.3 is 0 Å². The van der Waals surface area contributed by atoms with E-state index in [0.717, 1.165) is 5.75 Å². The van der Waals surface area contributed by atoms with Gasteiger partial charge in [0.15, 0.2) is 0 Å². The van der Waals surface area contributed by atoms with Gasteiger partial charge in [-0.05, 0) is 84.3 Å². The summed E-state index contributed by atoms with van der Waals surface area (Å²) in [4.78, 5) is 0. The minimum atomic E-state index is 0.354. The van der Waals surface area contributed by atoms with Crippen LogP contribution in [-0.2, 0) is 16.6 Å². The summed E-state index contributed by atoms with van der Waals surface area (Å²) in [6.45, 7) is 0. The fourth-order valence-electron chi connectivity index (χ4n) is 4.03. The molecule has 0 bridgehead atoms. The van der Waals surface area contributed by atoms with Crippen molar-refractivity contribution < 1.29 is 0 Å². The van der Waals surface area contributed by atoms with Gasteiger partial charge in [0.05, 0.1) is 12.5 Å². The summed E-state index contributed by atoms with van der Waals surface area (Å²) < 4.78 is 0. The first-order valence-corrected chi connectivity index (χ1v) is 11.2. The van der Waals surface area contributed by atoms with E-state index in [1.807, 2.05) is 0 Å². The molecule has 0 atom stereocenters. The lowest BCUT2D eigenvalue weighted by Gasteiger charge is -2.13. The maximum atomic E-state index is 2.39. The van der Waals surface area contributed by atoms with E-state index in [9.17, 15) is 0 Å². The molecule has 0 saturated carbocycles. The summed E-state index contributed by atoms with van der Waals surface area (Å²) >= 11 is 0. The maximum Gasteiger partial charge on any atom is 0.133 e. The lowest BCUT2D eigenvalue weighted by Crippen LogP contribution is -2.01. The van der Waals surface area contributed by atoms with Gasteiger partial charge in [-0.3, -0.25) is 0 Å². The van der Waals surface area contributed by atoms with E-state index < -0.39 is 0 Å². The van der Waals surface area contributed by atoms with Gasteiger partial charge >= 0.3 is 0 Å². The van der Waals surface area contributed by atoms with Gasteiger partial charge in [-0.1, -0.05) is 48.5 Å². The Morgan fingerprint density at radius 1 is 0.538 bits per heavy atom. The minimum absolute atomic E-state index is 0.354. The number of hydrogen-bond donors (Lipinski definition) is 0. The van der Waals surface area contributed by atoms with Crippen LogP contribution >= 0.6 is 0 Å². The second-order valence-electron chi connectivity index (χ2n) is 7.33. The van der Waals surface area contributed by atoms with Gasteiger partial charge in [0.25, 0.3) is 0 Å². The van der Waals surface area contributed by atoms with E-state index in [2.05, 4.69) is 91.4 Å². The normalized spacial score (nSPS) is 12.0. The van der Waals surface area contributed by atoms with Crippen molar-refractivity contribution in [1.82, 2.24) is 0 Å². The molecule has 0 aliphatic rings. The average molecular weight is 354 g/mol. The average Bonchev–Trinajstić information content (AvgIpc) is 2.65. The van der Waals surface area contributed by atoms with Crippen LogP contribution in [0.1, 0.15) is 5.56 Å². The highest BCUT2D eigenvalue weighted by Gasteiger charge is 2.15. The molecular formula is C25H21S+. The first-order valence-electron chi connectivity index (χ1n) is 9.00. The first kappa shape index (κ1) is 15.7. The van der Waals surface area contributed by atoms with E-state index >= 15 is 0 Å². The minimum Gasteiger partial charge on any atom is -0.0616 e. The van der Waals surface area contributed by atoms with Gasteiger partial charge in [-0.15, -0.1) is 0 Å². The lowest BCUT2D eigenvalue weighted by molar-refractivity contribution is 1.50. The fraction of sp³-hybridized carbons (Fsp3) is 0.120. The Labute approximate surface area is 156 Å². The molecule has 0 aromatic heterocycles. The molecule has 0 heterocycles. The van der Waals surface area contributed by atoms with Crippen LogP contribution in [0.4, 0.5) is 0 Å². The van der Waals surface area contributed by atoms with Gasteiger partial charge in [-0.25, -0.2) is 0 Å². The van der Waals surface area contributed by atoms with Crippen molar-refractivity contribution in [2.45, 2.75) is 5.75 Å². The van der Waals surface area contributed by atoms with E-state index in [0.29, 0.717) is 10.9 Å². The Balaban J connectivity index is 1.96. The summed E-state index contributed by atoms with van der Waals surface area (Å²) in [5.41, 5.74) is 1.50. The molecule has 5 rings (SSSR count). The van der Waals surface area contributed by atoms with Crippen LogP contribution in [0.3, 0.4) is 0 Å². The molecule has 0 N–H and O–H groups in total. The number of rotatable bonds is 2. The highest BCUT2D eigenvalue weighted by atomic mass is 32.2. The monoisotopic (exact) mass is 353 g/mol. The van der Waals surface area contributed by atoms with Crippen molar-refractivity contribution in [3.05, 3.63) is 84.4 Å². The van der Waals surface area contributed by atoms with Crippen molar-refractivity contribution in [2.24, 2.45) is 0 Å². The van der Waals surface area contributed by atoms with Crippen LogP contribution in [0.2, 0.25) is 0 Å². The molecule has 26 heavy (non-hydrogen) atoms. The molecular weight excluding hydrogens is 332 g/mol. The summed E-state index contributed by atoms with van der Waals surface area (Å²) in [7, 11) is 0.354. The van der Waals surface area contributed by atoms with Gasteiger partial charge in [0, 0.05) is 5.56 Å². The lowest BCUT2D eigenvalue weighted by atomic mass is 9.93. The maximum absolute atomic E-state index is 2.39. The van der Waals surface area contributed by atoms with Gasteiger partial charge in [0.1, 0.15) is 5.75 Å². The van der Waals surface area contributed by atoms with Crippen LogP contribution in [0.5, 0.6) is 0 Å². The number of hydrogen-bond acceptors (Lipinski definition) is 0. The third-order valence-electron chi connectivity index (χ3n) is 5.23. The SMILES string of the molecule is C[S+](C)Cc1c2cc3ccccc3cc2cc2cc3ccccc3cc12. The second-order valence-corrected chi connectivity index (χ2v) is 9.59. The third-order valence-corrected chi connectivity index (χ3v) is 6.10. The summed E-state index contributed by atoms with van der Waals surface area (Å²) in [6.07, 6.45) is 4.68. The Morgan fingerprint density at radius 2 is 0.923 bits per heavy atom. The van der Waals surface area contributed by atoms with E-state index in [1.54, 1.807) is 0 Å². The van der Waals surface area contributed by atoms with Crippen LogP contribution < -0.4 is 0 Å². The molecule has 126 valence electrons. The van der Waals surface area contributed by atoms with E-state index in [4.69, 9.17) is 0 Å². The van der Waals surface area contributed by atoms with Crippen molar-refractivity contribution in [1.29, 1.82) is 0 Å². The van der Waals surface area contributed by atoms with Crippen molar-refractivity contribution in [2.75, 3.05) is 12.5 Å². The Kier molecular flexibility index (Phi) is 3.65. The predicted molar refractivity (Wildman–Crippen MR) is 119 cm³/mol. The molecule has 0 radical (unpaired) electrons. The Hall–Kier alpha value is -2.51. The van der Waals surface area contributed by atoms with Gasteiger partial charge in [0.2, 0.25) is 0 Å². The molecule has 0 spiro atoms. The molecule has 5 aromatic rings. The highest BCUT2D eigenvalue weighted by Crippen LogP contribution is 2.35. The number of benzene rings is 5. The smallest absolute Gasteiger partial charge is 0.0616 e. The van der Waals surface area contributed by atoms with Crippen LogP contribution in [0, 0.1) is 0 Å². The summed E-state index contributed by atoms with van der Waals surface area (Å²) in [5.74, 6) is 1.13. The third kappa shape index (κ3) is 2.55. The molecule has 0 aliphatic carbocycles. The largest absolute Gasteiger partial charge is 0.133 e. The fourth-order valence-corrected chi connectivity index (χ4v) is 4.92. The zero-order chi connectivity index (χ0) is 17.7. The second kappa shape index (κ2) is 6.03. The molecule has 0 amide bonds. The topological polar surface area (TPSA) is 0 Å². The van der Waals surface area contributed by atoms with Gasteiger partial charge in [-0.2, -0.15) is 0 Å². The summed E-state index contributed by atoms with van der Waals surface area (Å²) in [5, 5.41) is 10.8. The molecule has 0 saturated heterocycles. The highest BCUT2D eigenvalue weighted by molar-refractivity contribution is 7.94. The summed E-state index contributed by atoms with van der Waals surface area (Å²) in [6, 6.07) is 29.2. The molecule has 0 fully saturated rings.